The molecular formula is C28H28F2N4O5. The average molecular weight is 539 g/mol. The lowest BCUT2D eigenvalue weighted by Gasteiger charge is -2.15. The number of ether oxygens (including phenoxy) is 4. The molecule has 2 aromatic carbocycles. The van der Waals surface area contributed by atoms with E-state index in [9.17, 15) is 4.79 Å². The average Bonchev–Trinajstić information content (AvgIpc) is 2.90. The number of anilines is 1. The Morgan fingerprint density at radius 2 is 1.74 bits per heavy atom. The van der Waals surface area contributed by atoms with Crippen molar-refractivity contribution < 1.29 is 32.5 Å². The Hall–Kier alpha value is -4.51. The number of fused-ring (bicyclic) bond motifs is 1. The van der Waals surface area contributed by atoms with Gasteiger partial charge in [0.05, 0.1) is 24.3 Å². The summed E-state index contributed by atoms with van der Waals surface area (Å²) in [6.45, 7) is 4.65. The number of pyridine rings is 2. The number of nitrogens with zero attached hydrogens (tertiary/aromatic N) is 2. The fraction of sp³-hybridized carbons (Fsp3) is 0.250. The maximum Gasteiger partial charge on any atom is 0.261 e. The first-order chi connectivity index (χ1) is 18.8. The molecule has 0 aliphatic carbocycles. The lowest BCUT2D eigenvalue weighted by molar-refractivity contribution is 0.102. The SMILES string of the molecule is CNCCOc1cc2nccc(Oc3c(F)cc(NC(=O)c4cnccc4OC(C)C)cc3F)c2cc1OC. The number of likely N-dealkylation sites (N-methyl/N-ethyl adjacent to an activating group) is 1. The lowest BCUT2D eigenvalue weighted by atomic mass is 10.1. The Kier molecular flexibility index (Phi) is 8.72. The number of aromatic nitrogens is 2. The van der Waals surface area contributed by atoms with Crippen molar-refractivity contribution in [1.82, 2.24) is 15.3 Å². The van der Waals surface area contributed by atoms with Crippen LogP contribution in [0.1, 0.15) is 24.2 Å². The van der Waals surface area contributed by atoms with Crippen molar-refractivity contribution in [2.45, 2.75) is 20.0 Å². The van der Waals surface area contributed by atoms with Crippen LogP contribution in [0.15, 0.2) is 55.0 Å². The van der Waals surface area contributed by atoms with Crippen molar-refractivity contribution in [3.8, 4) is 28.7 Å². The molecule has 0 saturated heterocycles. The minimum absolute atomic E-state index is 0.105. The van der Waals surface area contributed by atoms with Crippen molar-refractivity contribution in [1.29, 1.82) is 0 Å². The van der Waals surface area contributed by atoms with Crippen molar-refractivity contribution in [3.05, 3.63) is 72.2 Å². The second-order valence-corrected chi connectivity index (χ2v) is 8.64. The molecule has 2 N–H and O–H groups in total. The van der Waals surface area contributed by atoms with E-state index in [1.165, 1.54) is 31.8 Å². The number of halogens is 2. The molecule has 0 atom stereocenters. The third-order valence-electron chi connectivity index (χ3n) is 5.45. The molecule has 11 heteroatoms. The second-order valence-electron chi connectivity index (χ2n) is 8.64. The summed E-state index contributed by atoms with van der Waals surface area (Å²) in [5, 5.41) is 5.92. The quantitative estimate of drug-likeness (QED) is 0.247. The molecule has 0 saturated carbocycles. The molecule has 0 aliphatic rings. The predicted octanol–water partition coefficient (Wildman–Crippen LogP) is 5.35. The van der Waals surface area contributed by atoms with Crippen LogP contribution in [-0.2, 0) is 0 Å². The Balaban J connectivity index is 1.59. The zero-order valence-corrected chi connectivity index (χ0v) is 21.9. The molecule has 0 spiro atoms. The summed E-state index contributed by atoms with van der Waals surface area (Å²) < 4.78 is 52.6. The smallest absolute Gasteiger partial charge is 0.261 e. The molecule has 0 radical (unpaired) electrons. The standard InChI is InChI=1S/C28H28F2N4O5/c1-16(2)38-24-5-7-32-15-19(24)28(35)34-17-11-20(29)27(21(30)12-17)39-23-6-8-33-22-14-26(37-10-9-31-3)25(36-4)13-18(22)23/h5-8,11-16,31H,9-10H2,1-4H3,(H,34,35). The number of carbonyl (C=O) groups excluding carboxylic acids is 1. The topological polar surface area (TPSA) is 104 Å². The van der Waals surface area contributed by atoms with Crippen LogP contribution < -0.4 is 29.6 Å². The van der Waals surface area contributed by atoms with Gasteiger partial charge in [-0.25, -0.2) is 8.78 Å². The van der Waals surface area contributed by atoms with Crippen LogP contribution in [0.3, 0.4) is 0 Å². The van der Waals surface area contributed by atoms with E-state index in [1.54, 1.807) is 18.2 Å². The normalized spacial score (nSPS) is 10.9. The number of hydrogen-bond acceptors (Lipinski definition) is 8. The zero-order chi connectivity index (χ0) is 27.9. The number of hydrogen-bond donors (Lipinski definition) is 2. The van der Waals surface area contributed by atoms with Crippen molar-refractivity contribution in [2.75, 3.05) is 32.6 Å². The first-order valence-electron chi connectivity index (χ1n) is 12.1. The van der Waals surface area contributed by atoms with E-state index >= 15 is 8.78 Å². The Morgan fingerprint density at radius 1 is 1.00 bits per heavy atom. The van der Waals surface area contributed by atoms with Crippen LogP contribution in [-0.4, -0.2) is 49.3 Å². The van der Waals surface area contributed by atoms with Crippen LogP contribution in [0.4, 0.5) is 14.5 Å². The molecule has 0 unspecified atom stereocenters. The van der Waals surface area contributed by atoms with E-state index in [4.69, 9.17) is 18.9 Å². The minimum Gasteiger partial charge on any atom is -0.493 e. The van der Waals surface area contributed by atoms with Crippen LogP contribution >= 0.6 is 0 Å². The molecule has 204 valence electrons. The van der Waals surface area contributed by atoms with Gasteiger partial charge in [0, 0.05) is 54.4 Å². The number of amides is 1. The Bertz CT molecular complexity index is 1460. The third kappa shape index (κ3) is 6.50. The van der Waals surface area contributed by atoms with E-state index in [2.05, 4.69) is 20.6 Å². The predicted molar refractivity (Wildman–Crippen MR) is 142 cm³/mol. The van der Waals surface area contributed by atoms with Gasteiger partial charge < -0.3 is 29.6 Å². The van der Waals surface area contributed by atoms with E-state index in [0.717, 1.165) is 12.1 Å². The van der Waals surface area contributed by atoms with Crippen molar-refractivity contribution >= 4 is 22.5 Å². The van der Waals surface area contributed by atoms with Gasteiger partial charge in [-0.2, -0.15) is 0 Å². The van der Waals surface area contributed by atoms with Gasteiger partial charge in [-0.15, -0.1) is 0 Å². The fourth-order valence-corrected chi connectivity index (χ4v) is 3.70. The van der Waals surface area contributed by atoms with Gasteiger partial charge in [0.25, 0.3) is 5.91 Å². The van der Waals surface area contributed by atoms with Crippen LogP contribution in [0.25, 0.3) is 10.9 Å². The van der Waals surface area contributed by atoms with Gasteiger partial charge in [0.15, 0.2) is 28.9 Å². The summed E-state index contributed by atoms with van der Waals surface area (Å²) >= 11 is 0. The van der Waals surface area contributed by atoms with E-state index < -0.39 is 23.3 Å². The maximum atomic E-state index is 15.1. The molecule has 2 aromatic heterocycles. The van der Waals surface area contributed by atoms with Gasteiger partial charge in [0.2, 0.25) is 0 Å². The highest BCUT2D eigenvalue weighted by Crippen LogP contribution is 2.38. The van der Waals surface area contributed by atoms with Crippen LogP contribution in [0, 0.1) is 11.6 Å². The summed E-state index contributed by atoms with van der Waals surface area (Å²) in [7, 11) is 3.29. The molecular weight excluding hydrogens is 510 g/mol. The largest absolute Gasteiger partial charge is 0.493 e. The molecule has 4 rings (SSSR count). The minimum atomic E-state index is -1.01. The molecule has 39 heavy (non-hydrogen) atoms. The summed E-state index contributed by atoms with van der Waals surface area (Å²) in [4.78, 5) is 21.0. The maximum absolute atomic E-state index is 15.1. The van der Waals surface area contributed by atoms with Crippen LogP contribution in [0.2, 0.25) is 0 Å². The number of carbonyl (C=O) groups is 1. The first kappa shape index (κ1) is 27.5. The van der Waals surface area contributed by atoms with Gasteiger partial charge in [-0.1, -0.05) is 0 Å². The summed E-state index contributed by atoms with van der Waals surface area (Å²) in [6, 6.07) is 8.24. The van der Waals surface area contributed by atoms with Crippen LogP contribution in [0.5, 0.6) is 28.7 Å². The first-order valence-corrected chi connectivity index (χ1v) is 12.1. The zero-order valence-electron chi connectivity index (χ0n) is 21.9. The highest BCUT2D eigenvalue weighted by atomic mass is 19.1. The molecule has 0 bridgehead atoms. The third-order valence-corrected chi connectivity index (χ3v) is 5.45. The summed E-state index contributed by atoms with van der Waals surface area (Å²) in [5.74, 6) is -1.97. The summed E-state index contributed by atoms with van der Waals surface area (Å²) in [6.07, 6.45) is 4.07. The number of methoxy groups -OCH3 is 1. The highest BCUT2D eigenvalue weighted by molar-refractivity contribution is 6.06. The summed E-state index contributed by atoms with van der Waals surface area (Å²) in [5.41, 5.74) is 0.499. The molecule has 2 heterocycles. The van der Waals surface area contributed by atoms with E-state index in [0.29, 0.717) is 41.3 Å². The van der Waals surface area contributed by atoms with Crippen molar-refractivity contribution in [3.63, 3.8) is 0 Å². The fourth-order valence-electron chi connectivity index (χ4n) is 3.70. The second kappa shape index (κ2) is 12.4. The molecule has 0 fully saturated rings. The Labute approximate surface area is 224 Å². The molecule has 1 amide bonds. The highest BCUT2D eigenvalue weighted by Gasteiger charge is 2.20. The Morgan fingerprint density at radius 3 is 2.44 bits per heavy atom. The number of rotatable bonds is 11. The van der Waals surface area contributed by atoms with Gasteiger partial charge >= 0.3 is 0 Å². The van der Waals surface area contributed by atoms with Gasteiger partial charge in [0.1, 0.15) is 18.1 Å². The number of nitrogens with one attached hydrogen (secondary N) is 2. The monoisotopic (exact) mass is 538 g/mol. The van der Waals surface area contributed by atoms with Gasteiger partial charge in [-0.05, 0) is 39.1 Å². The lowest BCUT2D eigenvalue weighted by Crippen LogP contribution is -2.16. The van der Waals surface area contributed by atoms with Crippen molar-refractivity contribution in [2.24, 2.45) is 0 Å². The van der Waals surface area contributed by atoms with Gasteiger partial charge in [-0.3, -0.25) is 14.8 Å². The number of benzene rings is 2. The van der Waals surface area contributed by atoms with E-state index in [-0.39, 0.29) is 23.1 Å². The molecule has 9 nitrogen and oxygen atoms in total. The molecule has 0 aliphatic heterocycles. The van der Waals surface area contributed by atoms with E-state index in [1.807, 2.05) is 20.9 Å². The molecule has 4 aromatic rings.